The predicted octanol–water partition coefficient (Wildman–Crippen LogP) is 3.62. The first-order valence-electron chi connectivity index (χ1n) is 5.87. The van der Waals surface area contributed by atoms with Gasteiger partial charge in [0.15, 0.2) is 0 Å². The molecule has 0 radical (unpaired) electrons. The normalized spacial score (nSPS) is 15.7. The van der Waals surface area contributed by atoms with Crippen molar-refractivity contribution < 1.29 is 13.2 Å². The largest absolute Gasteiger partial charge is 0.398 e. The topological polar surface area (TPSA) is 59.6 Å². The van der Waals surface area contributed by atoms with Crippen LogP contribution in [0.15, 0.2) is 36.0 Å². The molecule has 0 amide bonds. The Balaban J connectivity index is 2.15. The van der Waals surface area contributed by atoms with Gasteiger partial charge in [0.2, 0.25) is 0 Å². The van der Waals surface area contributed by atoms with E-state index in [2.05, 4.69) is 5.32 Å². The van der Waals surface area contributed by atoms with Gasteiger partial charge in [0.25, 0.3) is 0 Å². The molecule has 0 aliphatic heterocycles. The van der Waals surface area contributed by atoms with Crippen LogP contribution in [0.3, 0.4) is 0 Å². The van der Waals surface area contributed by atoms with E-state index in [0.29, 0.717) is 5.69 Å². The molecule has 0 spiro atoms. The Morgan fingerprint density at radius 3 is 2.10 bits per heavy atom. The minimum absolute atomic E-state index is 0.108. The van der Waals surface area contributed by atoms with Crippen LogP contribution in [0.5, 0.6) is 0 Å². The molecule has 6 heteroatoms. The summed E-state index contributed by atoms with van der Waals surface area (Å²) in [6.07, 6.45) is -2.77. The van der Waals surface area contributed by atoms with E-state index in [4.69, 9.17) is 10.5 Å². The van der Waals surface area contributed by atoms with E-state index >= 15 is 0 Å². The fraction of sp³-hybridized carbons (Fsp3) is 0.286. The maximum Gasteiger partial charge on any atom is 0.398 e. The predicted molar refractivity (Wildman–Crippen MR) is 66.3 cm³/mol. The van der Waals surface area contributed by atoms with E-state index in [-0.39, 0.29) is 24.0 Å². The van der Waals surface area contributed by atoms with Crippen LogP contribution in [-0.4, -0.2) is 6.18 Å². The number of nitrogens with one attached hydrogen (secondary N) is 1. The van der Waals surface area contributed by atoms with E-state index in [9.17, 15) is 13.2 Å². The number of allylic oxidation sites excluding steroid dienone is 1. The van der Waals surface area contributed by atoms with Gasteiger partial charge < -0.3 is 5.32 Å². The second-order valence-corrected chi connectivity index (χ2v) is 4.58. The number of rotatable bonds is 3. The molecule has 1 aromatic carbocycles. The minimum Gasteiger partial charge on any atom is -0.360 e. The monoisotopic (exact) mass is 277 g/mol. The van der Waals surface area contributed by atoms with Crippen molar-refractivity contribution in [2.24, 2.45) is 0 Å². The molecule has 1 N–H and O–H groups in total. The van der Waals surface area contributed by atoms with Crippen molar-refractivity contribution in [2.45, 2.75) is 24.4 Å². The summed E-state index contributed by atoms with van der Waals surface area (Å²) in [4.78, 5) is 0. The lowest BCUT2D eigenvalue weighted by Crippen LogP contribution is -2.28. The molecule has 0 saturated heterocycles. The third-order valence-electron chi connectivity index (χ3n) is 3.35. The summed E-state index contributed by atoms with van der Waals surface area (Å²) in [6, 6.07) is 9.21. The smallest absolute Gasteiger partial charge is 0.360 e. The first kappa shape index (κ1) is 14.0. The number of nitrogens with zero attached hydrogens (tertiary/aromatic N) is 2. The maximum atomic E-state index is 12.9. The third-order valence-corrected chi connectivity index (χ3v) is 3.35. The fourth-order valence-corrected chi connectivity index (χ4v) is 1.99. The van der Waals surface area contributed by atoms with Crippen LogP contribution in [-0.2, 0) is 5.41 Å². The van der Waals surface area contributed by atoms with Crippen molar-refractivity contribution >= 4 is 5.69 Å². The number of hydrogen-bond acceptors (Lipinski definition) is 3. The maximum absolute atomic E-state index is 12.9. The highest BCUT2D eigenvalue weighted by Gasteiger charge is 2.64. The van der Waals surface area contributed by atoms with Gasteiger partial charge in [-0.25, -0.2) is 0 Å². The zero-order valence-corrected chi connectivity index (χ0v) is 10.3. The lowest BCUT2D eigenvalue weighted by atomic mass is 9.95. The molecule has 0 bridgehead atoms. The van der Waals surface area contributed by atoms with E-state index in [1.165, 1.54) is 30.5 Å². The zero-order chi connectivity index (χ0) is 14.8. The van der Waals surface area contributed by atoms with Crippen LogP contribution in [0.1, 0.15) is 18.4 Å². The highest BCUT2D eigenvalue weighted by Crippen LogP contribution is 2.58. The van der Waals surface area contributed by atoms with E-state index in [0.717, 1.165) is 0 Å². The quantitative estimate of drug-likeness (QED) is 0.858. The molecule has 1 aliphatic carbocycles. The summed E-state index contributed by atoms with van der Waals surface area (Å²) < 4.78 is 38.8. The number of nitriles is 2. The lowest BCUT2D eigenvalue weighted by Gasteiger charge is -2.19. The Morgan fingerprint density at radius 2 is 1.70 bits per heavy atom. The summed E-state index contributed by atoms with van der Waals surface area (Å²) in [5.41, 5.74) is -1.02. The van der Waals surface area contributed by atoms with E-state index in [1.807, 2.05) is 0 Å². The van der Waals surface area contributed by atoms with Gasteiger partial charge in [0.1, 0.15) is 17.7 Å². The molecule has 0 aromatic heterocycles. The van der Waals surface area contributed by atoms with Crippen LogP contribution < -0.4 is 5.32 Å². The SMILES string of the molecule is N#CC(C#N)=CNc1ccc(C2(C(F)(F)F)CC2)cc1. The summed E-state index contributed by atoms with van der Waals surface area (Å²) in [6.45, 7) is 0. The van der Waals surface area contributed by atoms with Crippen molar-refractivity contribution in [2.75, 3.05) is 5.32 Å². The minimum atomic E-state index is -4.23. The van der Waals surface area contributed by atoms with Crippen LogP contribution >= 0.6 is 0 Å². The Hall–Kier alpha value is -2.47. The standard InChI is InChI=1S/C14H10F3N3/c15-14(16,17)13(5-6-13)11-1-3-12(4-2-11)20-9-10(7-18)8-19/h1-4,9,20H,5-6H2. The fourth-order valence-electron chi connectivity index (χ4n) is 1.99. The highest BCUT2D eigenvalue weighted by atomic mass is 19.4. The van der Waals surface area contributed by atoms with Crippen molar-refractivity contribution in [1.82, 2.24) is 0 Å². The first-order chi connectivity index (χ1) is 9.43. The van der Waals surface area contributed by atoms with Crippen LogP contribution in [0.2, 0.25) is 0 Å². The van der Waals surface area contributed by atoms with Crippen molar-refractivity contribution in [1.29, 1.82) is 10.5 Å². The second-order valence-electron chi connectivity index (χ2n) is 4.58. The van der Waals surface area contributed by atoms with Gasteiger partial charge in [-0.05, 0) is 30.5 Å². The molecule has 1 aromatic rings. The van der Waals surface area contributed by atoms with Crippen molar-refractivity contribution in [3.8, 4) is 12.1 Å². The molecular weight excluding hydrogens is 267 g/mol. The lowest BCUT2D eigenvalue weighted by molar-refractivity contribution is -0.160. The number of benzene rings is 1. The van der Waals surface area contributed by atoms with Gasteiger partial charge in [0.05, 0.1) is 5.41 Å². The Kier molecular flexibility index (Phi) is 3.42. The molecule has 0 atom stereocenters. The molecule has 20 heavy (non-hydrogen) atoms. The van der Waals surface area contributed by atoms with Gasteiger partial charge >= 0.3 is 6.18 Å². The molecule has 102 valence electrons. The molecule has 1 aliphatic rings. The molecular formula is C14H10F3N3. The number of hydrogen-bond donors (Lipinski definition) is 1. The first-order valence-corrected chi connectivity index (χ1v) is 5.87. The number of alkyl halides is 3. The summed E-state index contributed by atoms with van der Waals surface area (Å²) in [5.74, 6) is 0. The highest BCUT2D eigenvalue weighted by molar-refractivity contribution is 5.51. The summed E-state index contributed by atoms with van der Waals surface area (Å²) in [5, 5.41) is 19.8. The molecule has 3 nitrogen and oxygen atoms in total. The van der Waals surface area contributed by atoms with E-state index in [1.54, 1.807) is 12.1 Å². The van der Waals surface area contributed by atoms with Crippen LogP contribution in [0.4, 0.5) is 18.9 Å². The van der Waals surface area contributed by atoms with E-state index < -0.39 is 11.6 Å². The molecule has 1 fully saturated rings. The summed E-state index contributed by atoms with van der Waals surface area (Å²) in [7, 11) is 0. The molecule has 0 heterocycles. The Morgan fingerprint density at radius 1 is 1.15 bits per heavy atom. The van der Waals surface area contributed by atoms with Crippen LogP contribution in [0.25, 0.3) is 0 Å². The van der Waals surface area contributed by atoms with Gasteiger partial charge in [-0.1, -0.05) is 12.1 Å². The number of anilines is 1. The average molecular weight is 277 g/mol. The van der Waals surface area contributed by atoms with Crippen molar-refractivity contribution in [3.63, 3.8) is 0 Å². The number of halogens is 3. The third kappa shape index (κ3) is 2.46. The zero-order valence-electron chi connectivity index (χ0n) is 10.3. The van der Waals surface area contributed by atoms with Crippen molar-refractivity contribution in [3.05, 3.63) is 41.6 Å². The Labute approximate surface area is 113 Å². The van der Waals surface area contributed by atoms with Gasteiger partial charge in [0, 0.05) is 11.9 Å². The van der Waals surface area contributed by atoms with Crippen LogP contribution in [0, 0.1) is 22.7 Å². The molecule has 1 saturated carbocycles. The second kappa shape index (κ2) is 4.90. The average Bonchev–Trinajstić information content (AvgIpc) is 3.21. The van der Waals surface area contributed by atoms with Gasteiger partial charge in [-0.15, -0.1) is 0 Å². The molecule has 0 unspecified atom stereocenters. The Bertz CT molecular complexity index is 595. The summed E-state index contributed by atoms with van der Waals surface area (Å²) >= 11 is 0. The van der Waals surface area contributed by atoms with Gasteiger partial charge in [-0.2, -0.15) is 23.7 Å². The van der Waals surface area contributed by atoms with Gasteiger partial charge in [-0.3, -0.25) is 0 Å². The molecule has 2 rings (SSSR count).